The summed E-state index contributed by atoms with van der Waals surface area (Å²) in [5.41, 5.74) is 3.47. The molecule has 1 saturated heterocycles. The van der Waals surface area contributed by atoms with Gasteiger partial charge in [0.1, 0.15) is 0 Å². The second kappa shape index (κ2) is 5.85. The zero-order valence-corrected chi connectivity index (χ0v) is 11.2. The monoisotopic (exact) mass is 254 g/mol. The van der Waals surface area contributed by atoms with E-state index in [2.05, 4.69) is 13.0 Å². The van der Waals surface area contributed by atoms with E-state index < -0.39 is 0 Å². The van der Waals surface area contributed by atoms with E-state index in [1.807, 2.05) is 13.0 Å². The number of benzene rings is 1. The van der Waals surface area contributed by atoms with Gasteiger partial charge in [-0.25, -0.2) is 0 Å². The van der Waals surface area contributed by atoms with E-state index in [1.54, 1.807) is 0 Å². The van der Waals surface area contributed by atoms with Crippen molar-refractivity contribution in [2.24, 2.45) is 0 Å². The molecule has 1 aromatic rings. The molecule has 0 radical (unpaired) electrons. The summed E-state index contributed by atoms with van der Waals surface area (Å²) in [7, 11) is 0. The van der Waals surface area contributed by atoms with E-state index in [0.29, 0.717) is 6.61 Å². The standard InChI is InChI=1S/C14H19ClO2/c1-10-8-13(15)11(2)7-12(10)9-17-14-5-3-4-6-16-14/h7-8,14H,3-6,9H2,1-2H3. The number of aryl methyl sites for hydroxylation is 2. The Morgan fingerprint density at radius 2 is 2.12 bits per heavy atom. The second-order valence-corrected chi connectivity index (χ2v) is 5.04. The van der Waals surface area contributed by atoms with E-state index in [9.17, 15) is 0 Å². The van der Waals surface area contributed by atoms with Crippen molar-refractivity contribution in [3.05, 3.63) is 33.8 Å². The summed E-state index contributed by atoms with van der Waals surface area (Å²) in [5.74, 6) is 0. The maximum atomic E-state index is 6.07. The Balaban J connectivity index is 1.96. The lowest BCUT2D eigenvalue weighted by Crippen LogP contribution is -2.22. The third kappa shape index (κ3) is 3.44. The van der Waals surface area contributed by atoms with Crippen molar-refractivity contribution in [2.75, 3.05) is 6.61 Å². The van der Waals surface area contributed by atoms with Gasteiger partial charge in [-0.2, -0.15) is 0 Å². The lowest BCUT2D eigenvalue weighted by atomic mass is 10.1. The van der Waals surface area contributed by atoms with Crippen LogP contribution in [-0.4, -0.2) is 12.9 Å². The van der Waals surface area contributed by atoms with Gasteiger partial charge in [0, 0.05) is 11.6 Å². The molecule has 1 aliphatic rings. The highest BCUT2D eigenvalue weighted by Gasteiger charge is 2.14. The minimum atomic E-state index is -0.0286. The van der Waals surface area contributed by atoms with Crippen LogP contribution in [0.4, 0.5) is 0 Å². The van der Waals surface area contributed by atoms with Crippen LogP contribution >= 0.6 is 11.6 Å². The first kappa shape index (κ1) is 12.9. The molecule has 0 amide bonds. The lowest BCUT2D eigenvalue weighted by molar-refractivity contribution is -0.169. The molecule has 0 spiro atoms. The van der Waals surface area contributed by atoms with Gasteiger partial charge in [0.05, 0.1) is 6.61 Å². The third-order valence-electron chi connectivity index (χ3n) is 3.18. The van der Waals surface area contributed by atoms with Crippen LogP contribution in [0.5, 0.6) is 0 Å². The highest BCUT2D eigenvalue weighted by Crippen LogP contribution is 2.22. The first-order chi connectivity index (χ1) is 8.16. The van der Waals surface area contributed by atoms with Crippen molar-refractivity contribution in [2.45, 2.75) is 46.0 Å². The van der Waals surface area contributed by atoms with Crippen molar-refractivity contribution >= 4 is 11.6 Å². The summed E-state index contributed by atoms with van der Waals surface area (Å²) in [6, 6.07) is 4.10. The maximum absolute atomic E-state index is 6.07. The van der Waals surface area contributed by atoms with Gasteiger partial charge in [-0.05, 0) is 55.9 Å². The molecule has 3 heteroatoms. The highest BCUT2D eigenvalue weighted by atomic mass is 35.5. The molecule has 2 rings (SSSR count). The molecule has 1 aliphatic heterocycles. The van der Waals surface area contributed by atoms with Gasteiger partial charge in [0.25, 0.3) is 0 Å². The van der Waals surface area contributed by atoms with Crippen LogP contribution < -0.4 is 0 Å². The molecule has 0 saturated carbocycles. The predicted molar refractivity (Wildman–Crippen MR) is 69.3 cm³/mol. The maximum Gasteiger partial charge on any atom is 0.158 e. The molecule has 2 nitrogen and oxygen atoms in total. The van der Waals surface area contributed by atoms with Gasteiger partial charge in [-0.3, -0.25) is 0 Å². The van der Waals surface area contributed by atoms with Gasteiger partial charge in [-0.1, -0.05) is 17.7 Å². The molecule has 0 aromatic heterocycles. The first-order valence-electron chi connectivity index (χ1n) is 6.15. The number of hydrogen-bond donors (Lipinski definition) is 0. The van der Waals surface area contributed by atoms with Gasteiger partial charge in [0.15, 0.2) is 6.29 Å². The number of hydrogen-bond acceptors (Lipinski definition) is 2. The third-order valence-corrected chi connectivity index (χ3v) is 3.59. The molecule has 17 heavy (non-hydrogen) atoms. The van der Waals surface area contributed by atoms with E-state index in [4.69, 9.17) is 21.1 Å². The smallest absolute Gasteiger partial charge is 0.158 e. The molecular weight excluding hydrogens is 236 g/mol. The van der Waals surface area contributed by atoms with E-state index >= 15 is 0 Å². The molecule has 1 heterocycles. The summed E-state index contributed by atoms with van der Waals surface area (Å²) in [4.78, 5) is 0. The average Bonchev–Trinajstić information content (AvgIpc) is 2.33. The number of halogens is 1. The van der Waals surface area contributed by atoms with Crippen LogP contribution in [0.2, 0.25) is 5.02 Å². The fourth-order valence-corrected chi connectivity index (χ4v) is 2.24. The van der Waals surface area contributed by atoms with Crippen molar-refractivity contribution < 1.29 is 9.47 Å². The summed E-state index contributed by atoms with van der Waals surface area (Å²) in [6.45, 7) is 5.51. The second-order valence-electron chi connectivity index (χ2n) is 4.64. The zero-order chi connectivity index (χ0) is 12.3. The first-order valence-corrected chi connectivity index (χ1v) is 6.53. The molecule has 0 aliphatic carbocycles. The molecular formula is C14H19ClO2. The quantitative estimate of drug-likeness (QED) is 0.812. The molecule has 0 N–H and O–H groups in total. The highest BCUT2D eigenvalue weighted by molar-refractivity contribution is 6.31. The SMILES string of the molecule is Cc1cc(COC2CCCCO2)c(C)cc1Cl. The van der Waals surface area contributed by atoms with Crippen molar-refractivity contribution in [3.8, 4) is 0 Å². The van der Waals surface area contributed by atoms with Crippen LogP contribution in [0, 0.1) is 13.8 Å². The Morgan fingerprint density at radius 3 is 2.82 bits per heavy atom. The fraction of sp³-hybridized carbons (Fsp3) is 0.571. The molecule has 1 fully saturated rings. The van der Waals surface area contributed by atoms with Crippen LogP contribution in [-0.2, 0) is 16.1 Å². The van der Waals surface area contributed by atoms with Gasteiger partial charge in [0.2, 0.25) is 0 Å². The lowest BCUT2D eigenvalue weighted by Gasteiger charge is -2.23. The normalized spacial score (nSPS) is 20.5. The summed E-state index contributed by atoms with van der Waals surface area (Å²) in [6.07, 6.45) is 3.33. The molecule has 1 aromatic carbocycles. The van der Waals surface area contributed by atoms with Crippen molar-refractivity contribution in [1.82, 2.24) is 0 Å². The van der Waals surface area contributed by atoms with Crippen LogP contribution in [0.15, 0.2) is 12.1 Å². The number of rotatable bonds is 3. The Labute approximate surface area is 108 Å². The summed E-state index contributed by atoms with van der Waals surface area (Å²) >= 11 is 6.07. The fourth-order valence-electron chi connectivity index (χ4n) is 2.02. The topological polar surface area (TPSA) is 18.5 Å². The minimum absolute atomic E-state index is 0.0286. The predicted octanol–water partition coefficient (Wildman–Crippen LogP) is 4.00. The average molecular weight is 255 g/mol. The zero-order valence-electron chi connectivity index (χ0n) is 10.5. The van der Waals surface area contributed by atoms with Crippen molar-refractivity contribution in [1.29, 1.82) is 0 Å². The Morgan fingerprint density at radius 1 is 1.29 bits per heavy atom. The van der Waals surface area contributed by atoms with Gasteiger partial charge in [-0.15, -0.1) is 0 Å². The molecule has 1 unspecified atom stereocenters. The van der Waals surface area contributed by atoms with E-state index in [0.717, 1.165) is 30.0 Å². The number of ether oxygens (including phenoxy) is 2. The molecule has 1 atom stereocenters. The van der Waals surface area contributed by atoms with Crippen molar-refractivity contribution in [3.63, 3.8) is 0 Å². The Hall–Kier alpha value is -0.570. The van der Waals surface area contributed by atoms with Gasteiger partial charge < -0.3 is 9.47 Å². The Kier molecular flexibility index (Phi) is 4.43. The van der Waals surface area contributed by atoms with Crippen LogP contribution in [0.3, 0.4) is 0 Å². The van der Waals surface area contributed by atoms with E-state index in [-0.39, 0.29) is 6.29 Å². The summed E-state index contributed by atoms with van der Waals surface area (Å²) in [5, 5.41) is 0.820. The van der Waals surface area contributed by atoms with Gasteiger partial charge >= 0.3 is 0 Å². The molecule has 94 valence electrons. The summed E-state index contributed by atoms with van der Waals surface area (Å²) < 4.78 is 11.3. The minimum Gasteiger partial charge on any atom is -0.353 e. The largest absolute Gasteiger partial charge is 0.353 e. The van der Waals surface area contributed by atoms with E-state index in [1.165, 1.54) is 17.5 Å². The molecule has 0 bridgehead atoms. The van der Waals surface area contributed by atoms with Crippen LogP contribution in [0.25, 0.3) is 0 Å². The van der Waals surface area contributed by atoms with Crippen LogP contribution in [0.1, 0.15) is 36.0 Å². The Bertz CT molecular complexity index is 384.